The summed E-state index contributed by atoms with van der Waals surface area (Å²) in [6.45, 7) is 6.78. The van der Waals surface area contributed by atoms with E-state index >= 15 is 0 Å². The van der Waals surface area contributed by atoms with Crippen molar-refractivity contribution < 1.29 is 9.90 Å². The van der Waals surface area contributed by atoms with E-state index < -0.39 is 5.60 Å². The quantitative estimate of drug-likeness (QED) is 0.706. The fraction of sp³-hybridized carbons (Fsp3) is 0.750. The molecule has 1 N–H and O–H groups in total. The topological polar surface area (TPSA) is 40.5 Å². The van der Waals surface area contributed by atoms with Crippen LogP contribution in [0, 0.1) is 0 Å². The monoisotopic (exact) mass is 211 g/mol. The van der Waals surface area contributed by atoms with Gasteiger partial charge in [0.15, 0.2) is 5.60 Å². The van der Waals surface area contributed by atoms with E-state index in [1.54, 1.807) is 24.8 Å². The SMILES string of the molecule is C/C=C(\C)C(C)(O)C(=O)N1CCCCC1. The Bertz CT molecular complexity index is 263. The van der Waals surface area contributed by atoms with Gasteiger partial charge in [0.1, 0.15) is 0 Å². The minimum absolute atomic E-state index is 0.155. The highest BCUT2D eigenvalue weighted by Crippen LogP contribution is 2.21. The number of hydrogen-bond donors (Lipinski definition) is 1. The van der Waals surface area contributed by atoms with E-state index in [1.165, 1.54) is 6.42 Å². The molecule has 3 heteroatoms. The van der Waals surface area contributed by atoms with Gasteiger partial charge in [0, 0.05) is 13.1 Å². The number of likely N-dealkylation sites (tertiary alicyclic amines) is 1. The summed E-state index contributed by atoms with van der Waals surface area (Å²) in [5.74, 6) is -0.155. The van der Waals surface area contributed by atoms with Crippen LogP contribution in [0.2, 0.25) is 0 Å². The number of allylic oxidation sites excluding steroid dienone is 1. The molecule has 1 unspecified atom stereocenters. The molecule has 1 aliphatic heterocycles. The molecule has 86 valence electrons. The predicted molar refractivity (Wildman–Crippen MR) is 60.5 cm³/mol. The second kappa shape index (κ2) is 4.79. The summed E-state index contributed by atoms with van der Waals surface area (Å²) in [5.41, 5.74) is -0.607. The van der Waals surface area contributed by atoms with Crippen molar-refractivity contribution in [2.24, 2.45) is 0 Å². The molecule has 0 radical (unpaired) electrons. The van der Waals surface area contributed by atoms with Crippen molar-refractivity contribution in [2.45, 2.75) is 45.6 Å². The zero-order chi connectivity index (χ0) is 11.5. The summed E-state index contributed by atoms with van der Waals surface area (Å²) >= 11 is 0. The van der Waals surface area contributed by atoms with Gasteiger partial charge < -0.3 is 10.0 Å². The summed E-state index contributed by atoms with van der Waals surface area (Å²) < 4.78 is 0. The molecule has 15 heavy (non-hydrogen) atoms. The minimum atomic E-state index is -1.33. The number of aliphatic hydroxyl groups is 1. The number of carbonyl (C=O) groups excluding carboxylic acids is 1. The van der Waals surface area contributed by atoms with Gasteiger partial charge in [-0.15, -0.1) is 0 Å². The lowest BCUT2D eigenvalue weighted by molar-refractivity contribution is -0.147. The lowest BCUT2D eigenvalue weighted by atomic mass is 9.94. The Morgan fingerprint density at radius 1 is 1.33 bits per heavy atom. The summed E-state index contributed by atoms with van der Waals surface area (Å²) in [5, 5.41) is 10.1. The van der Waals surface area contributed by atoms with E-state index in [0.29, 0.717) is 0 Å². The molecule has 1 atom stereocenters. The molecule has 0 aromatic carbocycles. The molecular weight excluding hydrogens is 190 g/mol. The summed E-state index contributed by atoms with van der Waals surface area (Å²) in [6, 6.07) is 0. The average molecular weight is 211 g/mol. The van der Waals surface area contributed by atoms with E-state index in [-0.39, 0.29) is 5.91 Å². The van der Waals surface area contributed by atoms with Crippen LogP contribution in [0.15, 0.2) is 11.6 Å². The lowest BCUT2D eigenvalue weighted by Crippen LogP contribution is -2.49. The third-order valence-corrected chi connectivity index (χ3v) is 3.26. The first-order valence-electron chi connectivity index (χ1n) is 5.65. The molecule has 0 spiro atoms. The molecule has 1 aliphatic rings. The van der Waals surface area contributed by atoms with E-state index in [2.05, 4.69) is 0 Å². The molecule has 1 heterocycles. The molecule has 0 aromatic heterocycles. The van der Waals surface area contributed by atoms with Crippen molar-refractivity contribution in [2.75, 3.05) is 13.1 Å². The molecule has 1 fully saturated rings. The van der Waals surface area contributed by atoms with E-state index in [1.807, 2.05) is 6.92 Å². The van der Waals surface area contributed by atoms with Crippen LogP contribution >= 0.6 is 0 Å². The first kappa shape index (κ1) is 12.2. The molecule has 1 rings (SSSR count). The minimum Gasteiger partial charge on any atom is -0.376 e. The van der Waals surface area contributed by atoms with Crippen molar-refractivity contribution in [3.63, 3.8) is 0 Å². The van der Waals surface area contributed by atoms with Crippen LogP contribution in [0.5, 0.6) is 0 Å². The van der Waals surface area contributed by atoms with Crippen LogP contribution in [-0.2, 0) is 4.79 Å². The highest BCUT2D eigenvalue weighted by Gasteiger charge is 2.35. The van der Waals surface area contributed by atoms with Gasteiger partial charge in [-0.1, -0.05) is 6.08 Å². The molecule has 0 bridgehead atoms. The Morgan fingerprint density at radius 2 is 1.87 bits per heavy atom. The maximum absolute atomic E-state index is 12.1. The summed E-state index contributed by atoms with van der Waals surface area (Å²) in [6.07, 6.45) is 5.09. The summed E-state index contributed by atoms with van der Waals surface area (Å²) in [7, 11) is 0. The lowest BCUT2D eigenvalue weighted by Gasteiger charge is -2.33. The van der Waals surface area contributed by atoms with Crippen LogP contribution < -0.4 is 0 Å². The van der Waals surface area contributed by atoms with Crippen molar-refractivity contribution in [1.82, 2.24) is 4.90 Å². The van der Waals surface area contributed by atoms with Gasteiger partial charge in [0.05, 0.1) is 0 Å². The second-order valence-corrected chi connectivity index (χ2v) is 4.40. The maximum Gasteiger partial charge on any atom is 0.258 e. The number of carbonyl (C=O) groups is 1. The Kier molecular flexibility index (Phi) is 3.91. The Hall–Kier alpha value is -0.830. The van der Waals surface area contributed by atoms with Gasteiger partial charge in [-0.25, -0.2) is 0 Å². The molecule has 0 aromatic rings. The fourth-order valence-corrected chi connectivity index (χ4v) is 1.85. The zero-order valence-electron chi connectivity index (χ0n) is 9.92. The van der Waals surface area contributed by atoms with Crippen LogP contribution in [-0.4, -0.2) is 34.6 Å². The predicted octanol–water partition coefficient (Wildman–Crippen LogP) is 1.72. The first-order valence-corrected chi connectivity index (χ1v) is 5.65. The van der Waals surface area contributed by atoms with Crippen molar-refractivity contribution in [1.29, 1.82) is 0 Å². The maximum atomic E-state index is 12.1. The Labute approximate surface area is 91.8 Å². The van der Waals surface area contributed by atoms with Gasteiger partial charge in [-0.05, 0) is 45.6 Å². The van der Waals surface area contributed by atoms with Crippen LogP contribution in [0.4, 0.5) is 0 Å². The standard InChI is InChI=1S/C12H21NO2/c1-4-10(2)12(3,15)11(14)13-8-6-5-7-9-13/h4,15H,5-9H2,1-3H3/b10-4+. The fourth-order valence-electron chi connectivity index (χ4n) is 1.85. The van der Waals surface area contributed by atoms with E-state index in [9.17, 15) is 9.90 Å². The van der Waals surface area contributed by atoms with Gasteiger partial charge in [-0.3, -0.25) is 4.79 Å². The van der Waals surface area contributed by atoms with Gasteiger partial charge in [0.2, 0.25) is 0 Å². The average Bonchev–Trinajstić information content (AvgIpc) is 2.28. The Morgan fingerprint density at radius 3 is 2.33 bits per heavy atom. The Balaban J connectivity index is 2.73. The number of hydrogen-bond acceptors (Lipinski definition) is 2. The van der Waals surface area contributed by atoms with E-state index in [4.69, 9.17) is 0 Å². The number of amides is 1. The van der Waals surface area contributed by atoms with Crippen LogP contribution in [0.1, 0.15) is 40.0 Å². The second-order valence-electron chi connectivity index (χ2n) is 4.40. The largest absolute Gasteiger partial charge is 0.376 e. The molecule has 3 nitrogen and oxygen atoms in total. The van der Waals surface area contributed by atoms with Crippen molar-refractivity contribution in [3.8, 4) is 0 Å². The smallest absolute Gasteiger partial charge is 0.258 e. The van der Waals surface area contributed by atoms with Crippen LogP contribution in [0.25, 0.3) is 0 Å². The molecule has 0 saturated carbocycles. The van der Waals surface area contributed by atoms with Crippen LogP contribution in [0.3, 0.4) is 0 Å². The van der Waals surface area contributed by atoms with Crippen molar-refractivity contribution >= 4 is 5.91 Å². The highest BCUT2D eigenvalue weighted by atomic mass is 16.3. The van der Waals surface area contributed by atoms with Gasteiger partial charge >= 0.3 is 0 Å². The zero-order valence-corrected chi connectivity index (χ0v) is 9.92. The van der Waals surface area contributed by atoms with Crippen molar-refractivity contribution in [3.05, 3.63) is 11.6 Å². The van der Waals surface area contributed by atoms with Gasteiger partial charge in [-0.2, -0.15) is 0 Å². The van der Waals surface area contributed by atoms with Gasteiger partial charge in [0.25, 0.3) is 5.91 Å². The molecular formula is C12H21NO2. The summed E-state index contributed by atoms with van der Waals surface area (Å²) in [4.78, 5) is 13.8. The number of piperidine rings is 1. The number of rotatable bonds is 2. The third kappa shape index (κ3) is 2.59. The first-order chi connectivity index (χ1) is 7.00. The third-order valence-electron chi connectivity index (χ3n) is 3.26. The molecule has 1 amide bonds. The highest BCUT2D eigenvalue weighted by molar-refractivity contribution is 5.87. The van der Waals surface area contributed by atoms with E-state index in [0.717, 1.165) is 31.5 Å². The molecule has 0 aliphatic carbocycles. The number of nitrogens with zero attached hydrogens (tertiary/aromatic N) is 1. The normalized spacial score (nSPS) is 22.4. The molecule has 1 saturated heterocycles.